The van der Waals surface area contributed by atoms with Crippen molar-refractivity contribution in [1.29, 1.82) is 0 Å². The number of nitrogens with zero attached hydrogens (tertiary/aromatic N) is 3. The SMILES string of the molecule is COCCN1C(=O)NC(c2ccc(Cl)cc2)C(c2nc(-c3cccs3)no2)=C1C. The van der Waals surface area contributed by atoms with Crippen molar-refractivity contribution in [1.82, 2.24) is 20.4 Å². The van der Waals surface area contributed by atoms with Gasteiger partial charge >= 0.3 is 6.03 Å². The smallest absolute Gasteiger partial charge is 0.322 e. The Bertz CT molecular complexity index is 1030. The van der Waals surface area contributed by atoms with Crippen LogP contribution in [0.4, 0.5) is 4.79 Å². The summed E-state index contributed by atoms with van der Waals surface area (Å²) in [4.78, 5) is 19.9. The third-order valence-corrected chi connectivity index (χ3v) is 5.83. The molecule has 0 saturated heterocycles. The van der Waals surface area contributed by atoms with E-state index in [9.17, 15) is 4.79 Å². The Morgan fingerprint density at radius 1 is 1.31 bits per heavy atom. The molecule has 0 spiro atoms. The summed E-state index contributed by atoms with van der Waals surface area (Å²) in [5.41, 5.74) is 2.37. The third kappa shape index (κ3) is 3.91. The van der Waals surface area contributed by atoms with Gasteiger partial charge in [0, 0.05) is 17.8 Å². The van der Waals surface area contributed by atoms with Gasteiger partial charge in [0.2, 0.25) is 5.82 Å². The van der Waals surface area contributed by atoms with E-state index < -0.39 is 6.04 Å². The molecule has 1 atom stereocenters. The number of allylic oxidation sites excluding steroid dienone is 1. The van der Waals surface area contributed by atoms with Crippen molar-refractivity contribution >= 4 is 34.5 Å². The molecule has 0 aliphatic carbocycles. The number of ether oxygens (including phenoxy) is 1. The molecule has 3 aromatic rings. The highest BCUT2D eigenvalue weighted by atomic mass is 35.5. The number of halogens is 1. The van der Waals surface area contributed by atoms with Crippen molar-refractivity contribution in [2.75, 3.05) is 20.3 Å². The van der Waals surface area contributed by atoms with Gasteiger partial charge in [0.1, 0.15) is 0 Å². The fourth-order valence-corrected chi connectivity index (χ4v) is 4.03. The number of amides is 2. The van der Waals surface area contributed by atoms with Crippen molar-refractivity contribution in [2.24, 2.45) is 0 Å². The van der Waals surface area contributed by atoms with Gasteiger partial charge in [-0.2, -0.15) is 4.98 Å². The maximum absolute atomic E-state index is 12.8. The Morgan fingerprint density at radius 3 is 2.79 bits per heavy atom. The molecule has 1 unspecified atom stereocenters. The molecular weight excluding hydrogens is 412 g/mol. The van der Waals surface area contributed by atoms with Gasteiger partial charge in [-0.1, -0.05) is 35.0 Å². The molecule has 1 aromatic carbocycles. The number of benzene rings is 1. The van der Waals surface area contributed by atoms with E-state index in [0.717, 1.165) is 21.7 Å². The molecule has 3 heterocycles. The van der Waals surface area contributed by atoms with Gasteiger partial charge in [-0.15, -0.1) is 11.3 Å². The molecule has 0 saturated carbocycles. The lowest BCUT2D eigenvalue weighted by Gasteiger charge is -2.35. The molecule has 29 heavy (non-hydrogen) atoms. The van der Waals surface area contributed by atoms with E-state index in [-0.39, 0.29) is 6.03 Å². The number of aromatic nitrogens is 2. The molecule has 0 bridgehead atoms. The van der Waals surface area contributed by atoms with Crippen LogP contribution in [0.2, 0.25) is 5.02 Å². The first-order chi connectivity index (χ1) is 14.1. The molecule has 2 amide bonds. The largest absolute Gasteiger partial charge is 0.383 e. The predicted molar refractivity (Wildman–Crippen MR) is 112 cm³/mol. The summed E-state index contributed by atoms with van der Waals surface area (Å²) < 4.78 is 10.8. The zero-order valence-corrected chi connectivity index (χ0v) is 17.5. The minimum atomic E-state index is -0.435. The minimum absolute atomic E-state index is 0.207. The van der Waals surface area contributed by atoms with Crippen LogP contribution in [0.25, 0.3) is 16.3 Å². The maximum atomic E-state index is 12.8. The summed E-state index contributed by atoms with van der Waals surface area (Å²) in [6.45, 7) is 2.70. The summed E-state index contributed by atoms with van der Waals surface area (Å²) >= 11 is 7.58. The number of carbonyl (C=O) groups excluding carboxylic acids is 1. The molecule has 1 aliphatic rings. The van der Waals surface area contributed by atoms with E-state index >= 15 is 0 Å². The van der Waals surface area contributed by atoms with E-state index in [1.165, 1.54) is 11.3 Å². The average molecular weight is 431 g/mol. The van der Waals surface area contributed by atoms with Crippen LogP contribution in [0.15, 0.2) is 52.0 Å². The fourth-order valence-electron chi connectivity index (χ4n) is 3.25. The molecule has 7 nitrogen and oxygen atoms in total. The summed E-state index contributed by atoms with van der Waals surface area (Å²) in [5, 5.41) is 9.75. The standard InChI is InChI=1S/C20H19ClN4O3S/c1-12-16(19-23-18(24-28-19)15-4-3-11-29-15)17(13-5-7-14(21)8-6-13)22-20(26)25(12)9-10-27-2/h3-8,11,17H,9-10H2,1-2H3,(H,22,26). The fraction of sp³-hybridized carbons (Fsp3) is 0.250. The normalized spacial score (nSPS) is 17.0. The number of rotatable bonds is 6. The Balaban J connectivity index is 1.79. The van der Waals surface area contributed by atoms with Crippen molar-refractivity contribution in [3.05, 3.63) is 64.0 Å². The van der Waals surface area contributed by atoms with Gasteiger partial charge < -0.3 is 14.6 Å². The highest BCUT2D eigenvalue weighted by Crippen LogP contribution is 2.37. The van der Waals surface area contributed by atoms with Gasteiger partial charge in [-0.25, -0.2) is 4.79 Å². The first-order valence-corrected chi connectivity index (χ1v) is 10.3. The highest BCUT2D eigenvalue weighted by molar-refractivity contribution is 7.13. The Kier molecular flexibility index (Phi) is 5.66. The third-order valence-electron chi connectivity index (χ3n) is 4.72. The number of hydrogen-bond acceptors (Lipinski definition) is 6. The van der Waals surface area contributed by atoms with Crippen LogP contribution < -0.4 is 5.32 Å². The van der Waals surface area contributed by atoms with Crippen LogP contribution in [-0.4, -0.2) is 41.3 Å². The predicted octanol–water partition coefficient (Wildman–Crippen LogP) is 4.60. The number of urea groups is 1. The molecule has 2 aromatic heterocycles. The van der Waals surface area contributed by atoms with Crippen LogP contribution >= 0.6 is 22.9 Å². The van der Waals surface area contributed by atoms with Crippen LogP contribution in [0, 0.1) is 0 Å². The second kappa shape index (κ2) is 8.36. The van der Waals surface area contributed by atoms with Crippen LogP contribution in [0.1, 0.15) is 24.4 Å². The second-order valence-electron chi connectivity index (χ2n) is 6.48. The lowest BCUT2D eigenvalue weighted by molar-refractivity contribution is 0.158. The zero-order valence-electron chi connectivity index (χ0n) is 15.9. The molecule has 1 N–H and O–H groups in total. The van der Waals surface area contributed by atoms with E-state index in [1.54, 1.807) is 24.1 Å². The number of methoxy groups -OCH3 is 1. The quantitative estimate of drug-likeness (QED) is 0.618. The summed E-state index contributed by atoms with van der Waals surface area (Å²) in [6.07, 6.45) is 0. The number of hydrogen-bond donors (Lipinski definition) is 1. The van der Waals surface area contributed by atoms with Crippen molar-refractivity contribution in [3.63, 3.8) is 0 Å². The highest BCUT2D eigenvalue weighted by Gasteiger charge is 2.35. The molecule has 1 aliphatic heterocycles. The molecule has 0 fully saturated rings. The van der Waals surface area contributed by atoms with E-state index in [1.807, 2.05) is 36.6 Å². The molecule has 4 rings (SSSR count). The Hall–Kier alpha value is -2.68. The Morgan fingerprint density at radius 2 is 2.10 bits per heavy atom. The first-order valence-electron chi connectivity index (χ1n) is 8.99. The lowest BCUT2D eigenvalue weighted by Crippen LogP contribution is -2.47. The summed E-state index contributed by atoms with van der Waals surface area (Å²) in [5.74, 6) is 0.888. The monoisotopic (exact) mass is 430 g/mol. The van der Waals surface area contributed by atoms with Crippen LogP contribution in [-0.2, 0) is 4.74 Å². The average Bonchev–Trinajstić information content (AvgIpc) is 3.40. The van der Waals surface area contributed by atoms with E-state index in [4.69, 9.17) is 20.9 Å². The van der Waals surface area contributed by atoms with E-state index in [2.05, 4.69) is 15.5 Å². The molecule has 0 radical (unpaired) electrons. The number of nitrogens with one attached hydrogen (secondary N) is 1. The van der Waals surface area contributed by atoms with Gasteiger partial charge in [-0.3, -0.25) is 4.90 Å². The Labute approximate surface area is 176 Å². The lowest BCUT2D eigenvalue weighted by atomic mass is 9.95. The van der Waals surface area contributed by atoms with Gasteiger partial charge in [-0.05, 0) is 36.1 Å². The molecule has 9 heteroatoms. The minimum Gasteiger partial charge on any atom is -0.383 e. The van der Waals surface area contributed by atoms with E-state index in [0.29, 0.717) is 29.9 Å². The zero-order chi connectivity index (χ0) is 20.4. The molecule has 150 valence electrons. The van der Waals surface area contributed by atoms with Crippen molar-refractivity contribution < 1.29 is 14.1 Å². The second-order valence-corrected chi connectivity index (χ2v) is 7.86. The van der Waals surface area contributed by atoms with Crippen LogP contribution in [0.5, 0.6) is 0 Å². The van der Waals surface area contributed by atoms with Gasteiger partial charge in [0.15, 0.2) is 0 Å². The van der Waals surface area contributed by atoms with Crippen molar-refractivity contribution in [2.45, 2.75) is 13.0 Å². The first kappa shape index (κ1) is 19.6. The number of thiophene rings is 1. The summed E-state index contributed by atoms with van der Waals surface area (Å²) in [7, 11) is 1.60. The van der Waals surface area contributed by atoms with Crippen LogP contribution in [0.3, 0.4) is 0 Å². The van der Waals surface area contributed by atoms with Crippen molar-refractivity contribution in [3.8, 4) is 10.7 Å². The van der Waals surface area contributed by atoms with Gasteiger partial charge in [0.25, 0.3) is 5.89 Å². The maximum Gasteiger partial charge on any atom is 0.322 e. The summed E-state index contributed by atoms with van der Waals surface area (Å²) in [6, 6.07) is 10.6. The van der Waals surface area contributed by atoms with Gasteiger partial charge in [0.05, 0.1) is 29.6 Å². The molecular formula is C20H19ClN4O3S. The topological polar surface area (TPSA) is 80.5 Å². The number of carbonyl (C=O) groups is 1.